The topological polar surface area (TPSA) is 78.5 Å². The fourth-order valence-electron chi connectivity index (χ4n) is 3.22. The van der Waals surface area contributed by atoms with Gasteiger partial charge in [-0.3, -0.25) is 0 Å². The Balaban J connectivity index is 1.99. The molecule has 7 nitrogen and oxygen atoms in total. The summed E-state index contributed by atoms with van der Waals surface area (Å²) in [5, 5.41) is 6.50. The minimum Gasteiger partial charge on any atom is -0.497 e. The zero-order valence-corrected chi connectivity index (χ0v) is 17.1. The van der Waals surface area contributed by atoms with Gasteiger partial charge >= 0.3 is 0 Å². The highest BCUT2D eigenvalue weighted by molar-refractivity contribution is 7.80. The van der Waals surface area contributed by atoms with Crippen LogP contribution in [0.4, 0.5) is 0 Å². The summed E-state index contributed by atoms with van der Waals surface area (Å²) in [7, 11) is 6.37. The largest absolute Gasteiger partial charge is 0.497 e. The van der Waals surface area contributed by atoms with Gasteiger partial charge in [-0.15, -0.1) is 0 Å². The van der Waals surface area contributed by atoms with E-state index < -0.39 is 0 Å². The van der Waals surface area contributed by atoms with Crippen LogP contribution in [0.5, 0.6) is 23.0 Å². The maximum Gasteiger partial charge on any atom is 0.203 e. The highest BCUT2D eigenvalue weighted by Gasteiger charge is 2.32. The van der Waals surface area contributed by atoms with Crippen molar-refractivity contribution in [1.29, 1.82) is 0 Å². The molecule has 0 aliphatic carbocycles. The van der Waals surface area contributed by atoms with Crippen LogP contribution in [0, 0.1) is 0 Å². The number of benzene rings is 2. The summed E-state index contributed by atoms with van der Waals surface area (Å²) in [5.41, 5.74) is 8.73. The van der Waals surface area contributed by atoms with E-state index in [4.69, 9.17) is 36.9 Å². The van der Waals surface area contributed by atoms with Gasteiger partial charge in [-0.25, -0.2) is 5.01 Å². The molecule has 3 rings (SSSR count). The molecule has 0 bridgehead atoms. The first-order valence-electron chi connectivity index (χ1n) is 8.62. The predicted octanol–water partition coefficient (Wildman–Crippen LogP) is 3.12. The highest BCUT2D eigenvalue weighted by atomic mass is 32.1. The fraction of sp³-hybridized carbons (Fsp3) is 0.300. The van der Waals surface area contributed by atoms with Crippen LogP contribution in [-0.2, 0) is 0 Å². The van der Waals surface area contributed by atoms with E-state index in [1.807, 2.05) is 36.4 Å². The number of methoxy groups -OCH3 is 4. The molecule has 1 aliphatic heterocycles. The van der Waals surface area contributed by atoms with Crippen LogP contribution >= 0.6 is 12.2 Å². The van der Waals surface area contributed by atoms with Gasteiger partial charge in [-0.05, 0) is 59.7 Å². The van der Waals surface area contributed by atoms with Crippen molar-refractivity contribution in [2.75, 3.05) is 28.4 Å². The molecule has 0 amide bonds. The summed E-state index contributed by atoms with van der Waals surface area (Å²) >= 11 is 5.24. The van der Waals surface area contributed by atoms with E-state index in [0.29, 0.717) is 23.7 Å². The van der Waals surface area contributed by atoms with Gasteiger partial charge in [0.1, 0.15) is 5.75 Å². The Morgan fingerprint density at radius 2 is 1.61 bits per heavy atom. The Labute approximate surface area is 169 Å². The van der Waals surface area contributed by atoms with Crippen molar-refractivity contribution >= 4 is 23.0 Å². The number of hydrogen-bond acceptors (Lipinski definition) is 6. The third-order valence-corrected chi connectivity index (χ3v) is 4.82. The summed E-state index contributed by atoms with van der Waals surface area (Å²) in [6.07, 6.45) is 0.627. The Hall–Kier alpha value is -3.00. The molecule has 0 aromatic heterocycles. The Kier molecular flexibility index (Phi) is 5.89. The second-order valence-corrected chi connectivity index (χ2v) is 6.55. The minimum atomic E-state index is -0.177. The lowest BCUT2D eigenvalue weighted by Gasteiger charge is -2.23. The van der Waals surface area contributed by atoms with Crippen molar-refractivity contribution < 1.29 is 18.9 Å². The summed E-state index contributed by atoms with van der Waals surface area (Å²) < 4.78 is 21.6. The summed E-state index contributed by atoms with van der Waals surface area (Å²) in [5.74, 6) is 2.45. The quantitative estimate of drug-likeness (QED) is 0.745. The lowest BCUT2D eigenvalue weighted by atomic mass is 9.97. The maximum absolute atomic E-state index is 5.95. The second kappa shape index (κ2) is 8.35. The van der Waals surface area contributed by atoms with Gasteiger partial charge in [-0.1, -0.05) is 0 Å². The molecule has 28 heavy (non-hydrogen) atoms. The van der Waals surface area contributed by atoms with E-state index in [0.717, 1.165) is 22.6 Å². The first-order valence-corrected chi connectivity index (χ1v) is 9.03. The van der Waals surface area contributed by atoms with Crippen LogP contribution in [0.15, 0.2) is 41.5 Å². The third-order valence-electron chi connectivity index (χ3n) is 4.63. The van der Waals surface area contributed by atoms with Crippen LogP contribution in [-0.4, -0.2) is 44.3 Å². The van der Waals surface area contributed by atoms with Gasteiger partial charge in [0.25, 0.3) is 0 Å². The van der Waals surface area contributed by atoms with Crippen LogP contribution in [0.2, 0.25) is 0 Å². The van der Waals surface area contributed by atoms with Crippen LogP contribution in [0.25, 0.3) is 0 Å². The fourth-order valence-corrected chi connectivity index (χ4v) is 3.39. The normalized spacial score (nSPS) is 15.8. The van der Waals surface area contributed by atoms with Gasteiger partial charge in [0.05, 0.1) is 40.2 Å². The molecule has 0 spiro atoms. The molecule has 1 aliphatic rings. The van der Waals surface area contributed by atoms with E-state index in [2.05, 4.69) is 5.10 Å². The zero-order chi connectivity index (χ0) is 20.3. The molecule has 148 valence electrons. The molecule has 1 heterocycles. The number of nitrogens with two attached hydrogens (primary N) is 1. The second-order valence-electron chi connectivity index (χ2n) is 6.14. The third kappa shape index (κ3) is 3.68. The average molecular weight is 401 g/mol. The molecule has 1 atom stereocenters. The summed E-state index contributed by atoms with van der Waals surface area (Å²) in [4.78, 5) is 0. The minimum absolute atomic E-state index is 0.177. The molecule has 0 saturated carbocycles. The molecule has 8 heteroatoms. The van der Waals surface area contributed by atoms with Crippen molar-refractivity contribution in [3.63, 3.8) is 0 Å². The van der Waals surface area contributed by atoms with Crippen molar-refractivity contribution in [1.82, 2.24) is 5.01 Å². The molecule has 0 unspecified atom stereocenters. The number of rotatable bonds is 6. The molecule has 0 fully saturated rings. The maximum atomic E-state index is 5.95. The molecule has 0 radical (unpaired) electrons. The van der Waals surface area contributed by atoms with Crippen molar-refractivity contribution in [3.8, 4) is 23.0 Å². The molecule has 2 N–H and O–H groups in total. The Morgan fingerprint density at radius 1 is 1.00 bits per heavy atom. The Bertz CT molecular complexity index is 874. The van der Waals surface area contributed by atoms with Crippen LogP contribution in [0.3, 0.4) is 0 Å². The number of nitrogens with zero attached hydrogens (tertiary/aromatic N) is 2. The lowest BCUT2D eigenvalue weighted by molar-refractivity contribution is 0.319. The predicted molar refractivity (Wildman–Crippen MR) is 112 cm³/mol. The highest BCUT2D eigenvalue weighted by Crippen LogP contribution is 2.43. The van der Waals surface area contributed by atoms with E-state index in [9.17, 15) is 0 Å². The number of hydrazone groups is 1. The van der Waals surface area contributed by atoms with Crippen LogP contribution < -0.4 is 24.7 Å². The molecule has 2 aromatic rings. The van der Waals surface area contributed by atoms with Gasteiger partial charge in [-0.2, -0.15) is 5.10 Å². The van der Waals surface area contributed by atoms with E-state index in [1.165, 1.54) is 0 Å². The Morgan fingerprint density at radius 3 is 2.07 bits per heavy atom. The molecular weight excluding hydrogens is 378 g/mol. The summed E-state index contributed by atoms with van der Waals surface area (Å²) in [6, 6.07) is 11.3. The monoisotopic (exact) mass is 401 g/mol. The van der Waals surface area contributed by atoms with Crippen molar-refractivity contribution in [2.24, 2.45) is 10.8 Å². The lowest BCUT2D eigenvalue weighted by Crippen LogP contribution is -2.31. The number of hydrogen-bond donors (Lipinski definition) is 1. The van der Waals surface area contributed by atoms with Crippen LogP contribution in [0.1, 0.15) is 23.6 Å². The number of ether oxygens (including phenoxy) is 4. The first kappa shape index (κ1) is 19.8. The van der Waals surface area contributed by atoms with E-state index >= 15 is 0 Å². The van der Waals surface area contributed by atoms with E-state index in [-0.39, 0.29) is 11.2 Å². The van der Waals surface area contributed by atoms with Crippen molar-refractivity contribution in [2.45, 2.75) is 12.5 Å². The van der Waals surface area contributed by atoms with Gasteiger partial charge in [0, 0.05) is 6.42 Å². The average Bonchev–Trinajstić information content (AvgIpc) is 3.18. The molecule has 0 saturated heterocycles. The molecular formula is C20H23N3O4S. The van der Waals surface area contributed by atoms with E-state index in [1.54, 1.807) is 33.4 Å². The standard InChI is InChI=1S/C20H23N3O4S/c1-24-14-7-5-12(6-8-14)15-11-16(23(22-15)20(21)28)13-9-17(25-2)19(27-4)18(10-13)26-3/h5-10,16H,11H2,1-4H3,(H2,21,28)/t16-/m0/s1. The smallest absolute Gasteiger partial charge is 0.203 e. The first-order chi connectivity index (χ1) is 13.5. The summed E-state index contributed by atoms with van der Waals surface area (Å²) in [6.45, 7) is 0. The zero-order valence-electron chi connectivity index (χ0n) is 16.3. The SMILES string of the molecule is COc1ccc(C2=NN(C(N)=S)[C@H](c3cc(OC)c(OC)c(OC)c3)C2)cc1. The van der Waals surface area contributed by atoms with Gasteiger partial charge < -0.3 is 24.7 Å². The number of thiocarbonyl (C=S) groups is 1. The van der Waals surface area contributed by atoms with Gasteiger partial charge in [0.2, 0.25) is 5.75 Å². The molecule has 2 aromatic carbocycles. The van der Waals surface area contributed by atoms with Crippen molar-refractivity contribution in [3.05, 3.63) is 47.5 Å². The van der Waals surface area contributed by atoms with Gasteiger partial charge in [0.15, 0.2) is 16.6 Å².